The molecule has 0 saturated carbocycles. The zero-order valence-corrected chi connectivity index (χ0v) is 19.0. The van der Waals surface area contributed by atoms with Gasteiger partial charge in [0.15, 0.2) is 0 Å². The van der Waals surface area contributed by atoms with Gasteiger partial charge in [0.25, 0.3) is 17.4 Å². The number of hydrogen-bond donors (Lipinski definition) is 1. The van der Waals surface area contributed by atoms with Gasteiger partial charge in [-0.1, -0.05) is 12.1 Å². The second-order valence-electron chi connectivity index (χ2n) is 7.69. The van der Waals surface area contributed by atoms with Crippen LogP contribution in [0.3, 0.4) is 0 Å². The van der Waals surface area contributed by atoms with E-state index in [1.165, 1.54) is 16.7 Å². The summed E-state index contributed by atoms with van der Waals surface area (Å²) in [6.07, 6.45) is 0. The Balaban J connectivity index is 2.24. The molecule has 3 rings (SSSR count). The van der Waals surface area contributed by atoms with Crippen molar-refractivity contribution < 1.29 is 14.3 Å². The number of nitrogens with one attached hydrogen (secondary N) is 1. The lowest BCUT2D eigenvalue weighted by molar-refractivity contribution is -0.138. The maximum Gasteiger partial charge on any atom is 0.279 e. The van der Waals surface area contributed by atoms with Crippen molar-refractivity contribution in [1.29, 1.82) is 0 Å². The Morgan fingerprint density at radius 3 is 2.32 bits per heavy atom. The second kappa shape index (κ2) is 8.93. The Morgan fingerprint density at radius 2 is 1.71 bits per heavy atom. The summed E-state index contributed by atoms with van der Waals surface area (Å²) in [5.41, 5.74) is 3.53. The Kier molecular flexibility index (Phi) is 6.50. The van der Waals surface area contributed by atoms with E-state index in [2.05, 4.69) is 5.10 Å². The van der Waals surface area contributed by atoms with E-state index in [4.69, 9.17) is 4.74 Å². The molecule has 1 aliphatic heterocycles. The number of amides is 2. The molecule has 0 aliphatic carbocycles. The number of benzene rings is 1. The average Bonchev–Trinajstić information content (AvgIpc) is 3.16. The van der Waals surface area contributed by atoms with Crippen LogP contribution in [0.4, 0.5) is 0 Å². The third-order valence-electron chi connectivity index (χ3n) is 5.67. The van der Waals surface area contributed by atoms with Crippen LogP contribution in [0.25, 0.3) is 11.3 Å². The van der Waals surface area contributed by atoms with E-state index in [0.29, 0.717) is 18.8 Å². The van der Waals surface area contributed by atoms with Crippen LogP contribution in [-0.2, 0) is 14.3 Å². The predicted octanol–water partition coefficient (Wildman–Crippen LogP) is 2.16. The number of hydrogen-bond acceptors (Lipinski definition) is 5. The van der Waals surface area contributed by atoms with Crippen LogP contribution >= 0.6 is 0 Å². The van der Waals surface area contributed by atoms with Gasteiger partial charge in [-0.25, -0.2) is 4.68 Å². The van der Waals surface area contributed by atoms with Gasteiger partial charge in [0.2, 0.25) is 0 Å². The van der Waals surface area contributed by atoms with Gasteiger partial charge in [0.1, 0.15) is 5.70 Å². The molecule has 8 heteroatoms. The Hall–Kier alpha value is -3.13. The maximum absolute atomic E-state index is 13.5. The summed E-state index contributed by atoms with van der Waals surface area (Å²) < 4.78 is 6.53. The average molecular weight is 427 g/mol. The van der Waals surface area contributed by atoms with Crippen molar-refractivity contribution >= 4 is 17.4 Å². The zero-order chi connectivity index (χ0) is 22.9. The molecule has 0 atom stereocenters. The molecule has 1 aromatic carbocycles. The molecule has 0 radical (unpaired) electrons. The quantitative estimate of drug-likeness (QED) is 0.654. The highest BCUT2D eigenvalue weighted by Gasteiger charge is 2.43. The smallest absolute Gasteiger partial charge is 0.279 e. The number of rotatable bonds is 8. The summed E-state index contributed by atoms with van der Waals surface area (Å²) in [7, 11) is 1.52. The van der Waals surface area contributed by atoms with Crippen LogP contribution in [0.1, 0.15) is 36.2 Å². The van der Waals surface area contributed by atoms with Crippen LogP contribution in [-0.4, -0.2) is 64.7 Å². The molecule has 0 spiro atoms. The number of H-pyrrole nitrogens is 1. The fourth-order valence-electron chi connectivity index (χ4n) is 3.98. The first-order valence-electron chi connectivity index (χ1n) is 10.5. The highest BCUT2D eigenvalue weighted by Crippen LogP contribution is 2.31. The molecule has 2 heterocycles. The van der Waals surface area contributed by atoms with Gasteiger partial charge in [0.05, 0.1) is 30.0 Å². The Bertz CT molecular complexity index is 1110. The van der Waals surface area contributed by atoms with E-state index in [0.717, 1.165) is 16.8 Å². The Morgan fingerprint density at radius 1 is 1.03 bits per heavy atom. The van der Waals surface area contributed by atoms with E-state index in [-0.39, 0.29) is 41.5 Å². The minimum Gasteiger partial charge on any atom is -0.383 e. The Labute approximate surface area is 182 Å². The lowest BCUT2D eigenvalue weighted by atomic mass is 10.0. The lowest BCUT2D eigenvalue weighted by Crippen LogP contribution is -2.37. The van der Waals surface area contributed by atoms with Crippen molar-refractivity contribution in [2.45, 2.75) is 34.6 Å². The van der Waals surface area contributed by atoms with Crippen molar-refractivity contribution in [3.05, 3.63) is 56.6 Å². The number of aromatic nitrogens is 2. The predicted molar refractivity (Wildman–Crippen MR) is 119 cm³/mol. The number of aryl methyl sites for hydroxylation is 3. The number of likely N-dealkylation sites (N-methyl/N-ethyl adjacent to an activating group) is 1. The van der Waals surface area contributed by atoms with Gasteiger partial charge in [0, 0.05) is 25.9 Å². The van der Waals surface area contributed by atoms with E-state index in [1.54, 1.807) is 6.92 Å². The normalized spacial score (nSPS) is 14.2. The third-order valence-corrected chi connectivity index (χ3v) is 5.67. The van der Waals surface area contributed by atoms with Crippen LogP contribution in [0, 0.1) is 20.8 Å². The maximum atomic E-state index is 13.5. The van der Waals surface area contributed by atoms with E-state index < -0.39 is 5.91 Å². The second-order valence-corrected chi connectivity index (χ2v) is 7.69. The van der Waals surface area contributed by atoms with E-state index in [1.807, 2.05) is 50.8 Å². The van der Waals surface area contributed by atoms with Crippen molar-refractivity contribution in [1.82, 2.24) is 19.6 Å². The molecular formula is C23H30N4O4. The molecule has 0 fully saturated rings. The number of methoxy groups -OCH3 is 1. The first-order chi connectivity index (χ1) is 14.8. The standard InChI is InChI=1S/C23H30N4O4/c1-7-25(8-2)20-19(21(28)26(23(20)30)11-12-31-6)18-16(5)24-27(22(18)29)17-13-14(3)9-10-15(17)4/h9-10,13,24H,7-8,11-12H2,1-6H3. The van der Waals surface area contributed by atoms with Gasteiger partial charge < -0.3 is 9.64 Å². The van der Waals surface area contributed by atoms with Crippen molar-refractivity contribution in [2.24, 2.45) is 0 Å². The highest BCUT2D eigenvalue weighted by atomic mass is 16.5. The minimum atomic E-state index is -0.462. The molecule has 1 aliphatic rings. The number of carbonyl (C=O) groups excluding carboxylic acids is 2. The molecule has 166 valence electrons. The summed E-state index contributed by atoms with van der Waals surface area (Å²) in [6, 6.07) is 5.85. The fraction of sp³-hybridized carbons (Fsp3) is 0.435. The van der Waals surface area contributed by atoms with Crippen molar-refractivity contribution in [2.75, 3.05) is 33.4 Å². The molecular weight excluding hydrogens is 396 g/mol. The molecule has 31 heavy (non-hydrogen) atoms. The monoisotopic (exact) mass is 426 g/mol. The van der Waals surface area contributed by atoms with Crippen molar-refractivity contribution in [3.63, 3.8) is 0 Å². The molecule has 0 unspecified atom stereocenters. The topological polar surface area (TPSA) is 87.6 Å². The minimum absolute atomic E-state index is 0.136. The highest BCUT2D eigenvalue weighted by molar-refractivity contribution is 6.35. The molecule has 1 N–H and O–H groups in total. The van der Waals surface area contributed by atoms with Gasteiger partial charge in [-0.2, -0.15) is 0 Å². The molecule has 2 aromatic rings. The van der Waals surface area contributed by atoms with Crippen LogP contribution in [0.5, 0.6) is 0 Å². The zero-order valence-electron chi connectivity index (χ0n) is 19.0. The van der Waals surface area contributed by atoms with Gasteiger partial charge >= 0.3 is 0 Å². The molecule has 2 amide bonds. The number of imide groups is 1. The van der Waals surface area contributed by atoms with Crippen LogP contribution < -0.4 is 5.56 Å². The largest absolute Gasteiger partial charge is 0.383 e. The summed E-state index contributed by atoms with van der Waals surface area (Å²) >= 11 is 0. The van der Waals surface area contributed by atoms with E-state index >= 15 is 0 Å². The lowest BCUT2D eigenvalue weighted by Gasteiger charge is -2.22. The molecule has 1 aromatic heterocycles. The summed E-state index contributed by atoms with van der Waals surface area (Å²) in [6.45, 7) is 10.9. The van der Waals surface area contributed by atoms with Gasteiger partial charge in [-0.3, -0.25) is 24.4 Å². The number of nitrogens with zero attached hydrogens (tertiary/aromatic N) is 3. The van der Waals surface area contributed by atoms with Gasteiger partial charge in [-0.05, 0) is 51.8 Å². The van der Waals surface area contributed by atoms with Crippen LogP contribution in [0.2, 0.25) is 0 Å². The first kappa shape index (κ1) is 22.6. The molecule has 8 nitrogen and oxygen atoms in total. The number of carbonyl (C=O) groups is 2. The van der Waals surface area contributed by atoms with Gasteiger partial charge in [-0.15, -0.1) is 0 Å². The summed E-state index contributed by atoms with van der Waals surface area (Å²) in [5, 5.41) is 3.11. The number of aromatic amines is 1. The number of ether oxygens (including phenoxy) is 1. The van der Waals surface area contributed by atoms with Crippen LogP contribution in [0.15, 0.2) is 28.7 Å². The molecule has 0 saturated heterocycles. The fourth-order valence-corrected chi connectivity index (χ4v) is 3.98. The summed E-state index contributed by atoms with van der Waals surface area (Å²) in [4.78, 5) is 43.1. The molecule has 0 bridgehead atoms. The summed E-state index contributed by atoms with van der Waals surface area (Å²) in [5.74, 6) is -0.852. The first-order valence-corrected chi connectivity index (χ1v) is 10.5. The SMILES string of the molecule is CCN(CC)C1=C(c2c(C)[nH]n(-c3cc(C)ccc3C)c2=O)C(=O)N(CCOC)C1=O. The third kappa shape index (κ3) is 3.83. The van der Waals surface area contributed by atoms with Crippen molar-refractivity contribution in [3.8, 4) is 5.69 Å². The van der Waals surface area contributed by atoms with E-state index in [9.17, 15) is 14.4 Å².